The van der Waals surface area contributed by atoms with E-state index in [0.717, 1.165) is 37.5 Å². The van der Waals surface area contributed by atoms with Crippen LogP contribution in [0.25, 0.3) is 11.4 Å². The number of nitrogens with one attached hydrogen (secondary N) is 1. The van der Waals surface area contributed by atoms with Crippen molar-refractivity contribution in [2.45, 2.75) is 25.8 Å². The zero-order valence-electron chi connectivity index (χ0n) is 16.2. The number of carbonyl (C=O) groups excluding carboxylic acids is 1. The van der Waals surface area contributed by atoms with Crippen LogP contribution < -0.4 is 10.1 Å². The van der Waals surface area contributed by atoms with E-state index in [0.29, 0.717) is 29.9 Å². The fourth-order valence-corrected chi connectivity index (χ4v) is 3.20. The first-order valence-electron chi connectivity index (χ1n) is 9.57. The largest absolute Gasteiger partial charge is 0.497 e. The predicted octanol–water partition coefficient (Wildman–Crippen LogP) is 2.55. The molecule has 0 spiro atoms. The van der Waals surface area contributed by atoms with Gasteiger partial charge in [-0.05, 0) is 30.7 Å². The van der Waals surface area contributed by atoms with Gasteiger partial charge in [0.15, 0.2) is 0 Å². The maximum absolute atomic E-state index is 12.3. The predicted molar refractivity (Wildman–Crippen MR) is 104 cm³/mol. The minimum atomic E-state index is -0.126. The Labute approximate surface area is 168 Å². The number of hydrogen-bond acceptors (Lipinski definition) is 7. The van der Waals surface area contributed by atoms with E-state index in [-0.39, 0.29) is 12.3 Å². The lowest BCUT2D eigenvalue weighted by Crippen LogP contribution is -2.19. The smallest absolute Gasteiger partial charge is 0.227 e. The van der Waals surface area contributed by atoms with Crippen LogP contribution in [0.5, 0.6) is 5.75 Å². The Morgan fingerprint density at radius 3 is 2.93 bits per heavy atom. The van der Waals surface area contributed by atoms with Gasteiger partial charge < -0.3 is 19.3 Å². The van der Waals surface area contributed by atoms with Gasteiger partial charge in [0.1, 0.15) is 11.6 Å². The summed E-state index contributed by atoms with van der Waals surface area (Å²) in [6.45, 7) is 2.26. The van der Waals surface area contributed by atoms with Crippen molar-refractivity contribution in [2.75, 3.05) is 25.6 Å². The molecule has 1 aliphatic rings. The second-order valence-corrected chi connectivity index (χ2v) is 6.92. The van der Waals surface area contributed by atoms with Crippen LogP contribution in [0.1, 0.15) is 18.7 Å². The highest BCUT2D eigenvalue weighted by molar-refractivity contribution is 5.89. The maximum atomic E-state index is 12.3. The van der Waals surface area contributed by atoms with Gasteiger partial charge in [0.05, 0.1) is 19.9 Å². The SMILES string of the molecule is COc1ccc(-c2noc(CCC(=O)Nc3ccnn3C[C@@H]3CCOC3)n2)cc1. The number of anilines is 1. The van der Waals surface area contributed by atoms with Crippen LogP contribution in [0.3, 0.4) is 0 Å². The summed E-state index contributed by atoms with van der Waals surface area (Å²) in [5.74, 6) is 2.65. The lowest BCUT2D eigenvalue weighted by Gasteiger charge is -2.12. The molecule has 3 heterocycles. The highest BCUT2D eigenvalue weighted by Gasteiger charge is 2.18. The fourth-order valence-electron chi connectivity index (χ4n) is 3.20. The molecule has 29 heavy (non-hydrogen) atoms. The van der Waals surface area contributed by atoms with Crippen molar-refractivity contribution in [3.05, 3.63) is 42.4 Å². The number of methoxy groups -OCH3 is 1. The second-order valence-electron chi connectivity index (χ2n) is 6.92. The van der Waals surface area contributed by atoms with Gasteiger partial charge in [-0.1, -0.05) is 5.16 Å². The van der Waals surface area contributed by atoms with Crippen LogP contribution in [0.2, 0.25) is 0 Å². The number of amides is 1. The topological polar surface area (TPSA) is 104 Å². The summed E-state index contributed by atoms with van der Waals surface area (Å²) in [5.41, 5.74) is 0.824. The van der Waals surface area contributed by atoms with Crippen LogP contribution >= 0.6 is 0 Å². The van der Waals surface area contributed by atoms with Gasteiger partial charge in [0, 0.05) is 43.5 Å². The molecule has 3 aromatic rings. The average Bonchev–Trinajstić information content (AvgIpc) is 3.50. The van der Waals surface area contributed by atoms with Crippen molar-refractivity contribution in [1.82, 2.24) is 19.9 Å². The number of carbonyl (C=O) groups is 1. The number of benzene rings is 1. The Bertz CT molecular complexity index is 944. The minimum absolute atomic E-state index is 0.126. The minimum Gasteiger partial charge on any atom is -0.497 e. The molecule has 1 aromatic carbocycles. The molecule has 1 fully saturated rings. The second kappa shape index (κ2) is 8.87. The zero-order valence-corrected chi connectivity index (χ0v) is 16.2. The highest BCUT2D eigenvalue weighted by Crippen LogP contribution is 2.20. The van der Waals surface area contributed by atoms with Crippen LogP contribution in [0.4, 0.5) is 5.82 Å². The van der Waals surface area contributed by atoms with Gasteiger partial charge >= 0.3 is 0 Å². The fraction of sp³-hybridized carbons (Fsp3) is 0.400. The van der Waals surface area contributed by atoms with Crippen molar-refractivity contribution in [3.8, 4) is 17.1 Å². The van der Waals surface area contributed by atoms with E-state index in [1.807, 2.05) is 28.9 Å². The molecule has 0 radical (unpaired) electrons. The first-order valence-corrected chi connectivity index (χ1v) is 9.57. The summed E-state index contributed by atoms with van der Waals surface area (Å²) in [7, 11) is 1.61. The van der Waals surface area contributed by atoms with Gasteiger partial charge in [0.2, 0.25) is 17.6 Å². The molecule has 0 aliphatic carbocycles. The number of rotatable bonds is 8. The maximum Gasteiger partial charge on any atom is 0.227 e. The third-order valence-electron chi connectivity index (χ3n) is 4.82. The van der Waals surface area contributed by atoms with E-state index in [4.69, 9.17) is 14.0 Å². The van der Waals surface area contributed by atoms with Crippen LogP contribution in [0, 0.1) is 5.92 Å². The number of aryl methyl sites for hydroxylation is 1. The summed E-state index contributed by atoms with van der Waals surface area (Å²) in [6, 6.07) is 9.18. The van der Waals surface area contributed by atoms with Crippen molar-refractivity contribution in [3.63, 3.8) is 0 Å². The van der Waals surface area contributed by atoms with E-state index < -0.39 is 0 Å². The third-order valence-corrected chi connectivity index (χ3v) is 4.82. The molecule has 0 bridgehead atoms. The molecule has 0 unspecified atom stereocenters. The molecular weight excluding hydrogens is 374 g/mol. The number of aromatic nitrogens is 4. The molecule has 152 valence electrons. The monoisotopic (exact) mass is 397 g/mol. The zero-order chi connectivity index (χ0) is 20.1. The van der Waals surface area contributed by atoms with Crippen LogP contribution in [0.15, 0.2) is 41.1 Å². The third kappa shape index (κ3) is 4.80. The molecular formula is C20H23N5O4. The van der Waals surface area contributed by atoms with Crippen molar-refractivity contribution in [2.24, 2.45) is 5.92 Å². The lowest BCUT2D eigenvalue weighted by atomic mass is 10.1. The first kappa shape index (κ1) is 19.1. The molecule has 9 nitrogen and oxygen atoms in total. The van der Waals surface area contributed by atoms with E-state index >= 15 is 0 Å². The molecule has 4 rings (SSSR count). The van der Waals surface area contributed by atoms with Gasteiger partial charge in [-0.15, -0.1) is 0 Å². The van der Waals surface area contributed by atoms with Crippen LogP contribution in [-0.2, 0) is 22.5 Å². The Morgan fingerprint density at radius 2 is 2.17 bits per heavy atom. The molecule has 0 saturated carbocycles. The summed E-state index contributed by atoms with van der Waals surface area (Å²) in [4.78, 5) is 16.7. The Kier molecular flexibility index (Phi) is 5.85. The molecule has 1 amide bonds. The van der Waals surface area contributed by atoms with Crippen molar-refractivity contribution in [1.29, 1.82) is 0 Å². The van der Waals surface area contributed by atoms with Gasteiger partial charge in [-0.3, -0.25) is 4.79 Å². The number of nitrogens with zero attached hydrogens (tertiary/aromatic N) is 4. The van der Waals surface area contributed by atoms with E-state index in [2.05, 4.69) is 20.6 Å². The standard InChI is InChI=1S/C20H23N5O4/c1-27-16-4-2-15(3-5-16)20-23-19(29-24-20)7-6-18(26)22-17-8-10-21-25(17)12-14-9-11-28-13-14/h2-5,8,10,14H,6-7,9,11-13H2,1H3,(H,22,26)/t14-/m0/s1. The molecule has 1 atom stereocenters. The molecule has 1 saturated heterocycles. The Morgan fingerprint density at radius 1 is 1.31 bits per heavy atom. The first-order chi connectivity index (χ1) is 14.2. The molecule has 1 N–H and O–H groups in total. The normalized spacial score (nSPS) is 16.1. The van der Waals surface area contributed by atoms with Gasteiger partial charge in [-0.25, -0.2) is 4.68 Å². The molecule has 2 aromatic heterocycles. The molecule has 9 heteroatoms. The number of hydrogen-bond donors (Lipinski definition) is 1. The van der Waals surface area contributed by atoms with E-state index in [9.17, 15) is 4.79 Å². The summed E-state index contributed by atoms with van der Waals surface area (Å²) >= 11 is 0. The van der Waals surface area contributed by atoms with Crippen LogP contribution in [-0.4, -0.2) is 46.2 Å². The lowest BCUT2D eigenvalue weighted by molar-refractivity contribution is -0.116. The van der Waals surface area contributed by atoms with E-state index in [1.165, 1.54) is 0 Å². The van der Waals surface area contributed by atoms with Gasteiger partial charge in [0.25, 0.3) is 0 Å². The molecule has 1 aliphatic heterocycles. The summed E-state index contributed by atoms with van der Waals surface area (Å²) < 4.78 is 17.6. The Balaban J connectivity index is 1.30. The average molecular weight is 397 g/mol. The van der Waals surface area contributed by atoms with E-state index in [1.54, 1.807) is 19.4 Å². The summed E-state index contributed by atoms with van der Waals surface area (Å²) in [6.07, 6.45) is 3.30. The van der Waals surface area contributed by atoms with Crippen molar-refractivity contribution >= 4 is 11.7 Å². The summed E-state index contributed by atoms with van der Waals surface area (Å²) in [5, 5.41) is 11.2. The van der Waals surface area contributed by atoms with Gasteiger partial charge in [-0.2, -0.15) is 10.1 Å². The quantitative estimate of drug-likeness (QED) is 0.623. The van der Waals surface area contributed by atoms with Crippen molar-refractivity contribution < 1.29 is 18.8 Å². The Hall–Kier alpha value is -3.20. The number of ether oxygens (including phenoxy) is 2. The highest BCUT2D eigenvalue weighted by atomic mass is 16.5.